The number of aliphatic hydroxyl groups excluding tert-OH is 1. The molecular formula is C23H24NOP. The van der Waals surface area contributed by atoms with Crippen molar-refractivity contribution in [3.05, 3.63) is 84.9 Å². The maximum absolute atomic E-state index is 9.82. The second-order valence-corrected chi connectivity index (χ2v) is 8.85. The number of benzene rings is 3. The number of para-hydroxylation sites is 1. The molecule has 1 aliphatic rings. The largest absolute Gasteiger partial charge is 0.394 e. The number of hydrogen-bond donors (Lipinski definition) is 1. The van der Waals surface area contributed by atoms with E-state index in [1.807, 2.05) is 0 Å². The Labute approximate surface area is 156 Å². The molecule has 1 saturated heterocycles. The van der Waals surface area contributed by atoms with Crippen molar-refractivity contribution in [3.63, 3.8) is 0 Å². The van der Waals surface area contributed by atoms with Gasteiger partial charge in [0.2, 0.25) is 0 Å². The van der Waals surface area contributed by atoms with Crippen molar-refractivity contribution < 1.29 is 5.11 Å². The van der Waals surface area contributed by atoms with E-state index in [2.05, 4.69) is 89.8 Å². The predicted octanol–water partition coefficient (Wildman–Crippen LogP) is 3.41. The summed E-state index contributed by atoms with van der Waals surface area (Å²) in [5.74, 6) is 0. The van der Waals surface area contributed by atoms with Crippen LogP contribution < -0.4 is 20.8 Å². The van der Waals surface area contributed by atoms with Crippen molar-refractivity contribution in [2.24, 2.45) is 0 Å². The summed E-state index contributed by atoms with van der Waals surface area (Å²) in [6.07, 6.45) is 2.22. The molecule has 0 radical (unpaired) electrons. The van der Waals surface area contributed by atoms with Gasteiger partial charge in [0, 0.05) is 17.5 Å². The summed E-state index contributed by atoms with van der Waals surface area (Å²) in [5.41, 5.74) is 1.28. The zero-order valence-corrected chi connectivity index (χ0v) is 15.7. The normalized spacial score (nSPS) is 17.0. The Morgan fingerprint density at radius 1 is 0.808 bits per heavy atom. The Hall–Kier alpha value is -2.15. The van der Waals surface area contributed by atoms with Crippen molar-refractivity contribution in [1.29, 1.82) is 0 Å². The molecule has 3 aromatic rings. The third-order valence-corrected chi connectivity index (χ3v) is 7.54. The van der Waals surface area contributed by atoms with Gasteiger partial charge in [-0.25, -0.2) is 0 Å². The minimum atomic E-state index is -0.630. The molecule has 4 rings (SSSR count). The highest BCUT2D eigenvalue weighted by molar-refractivity contribution is 7.80. The molecule has 0 bridgehead atoms. The Balaban J connectivity index is 1.85. The Kier molecular flexibility index (Phi) is 5.34. The molecular weight excluding hydrogens is 337 g/mol. The third kappa shape index (κ3) is 3.40. The van der Waals surface area contributed by atoms with E-state index in [0.717, 1.165) is 19.4 Å². The van der Waals surface area contributed by atoms with Crippen molar-refractivity contribution in [1.82, 2.24) is 0 Å². The van der Waals surface area contributed by atoms with E-state index in [1.165, 1.54) is 21.6 Å². The molecule has 1 atom stereocenters. The summed E-state index contributed by atoms with van der Waals surface area (Å²) in [6, 6.07) is 30.6. The number of hydrogen-bond acceptors (Lipinski definition) is 2. The quantitative estimate of drug-likeness (QED) is 0.704. The highest BCUT2D eigenvalue weighted by Gasteiger charge is 2.28. The molecule has 1 fully saturated rings. The SMILES string of the molecule is OC[C@@H]1CCCN1c1ccccc1P(c1ccccc1)c1ccccc1. The fraction of sp³-hybridized carbons (Fsp3) is 0.217. The standard InChI is InChI=1S/C23H24NOP/c25-18-19-10-9-17-24(19)22-15-7-8-16-23(22)26(20-11-3-1-4-12-20)21-13-5-2-6-14-21/h1-8,11-16,19,25H,9-10,17-18H2/t19-/m0/s1. The van der Waals surface area contributed by atoms with E-state index < -0.39 is 7.92 Å². The molecule has 3 heteroatoms. The molecule has 1 aliphatic heterocycles. The maximum Gasteiger partial charge on any atom is 0.0635 e. The molecule has 1 heterocycles. The van der Waals surface area contributed by atoms with Gasteiger partial charge in [-0.3, -0.25) is 0 Å². The molecule has 0 amide bonds. The van der Waals surface area contributed by atoms with E-state index in [4.69, 9.17) is 0 Å². The summed E-state index contributed by atoms with van der Waals surface area (Å²) >= 11 is 0. The lowest BCUT2D eigenvalue weighted by molar-refractivity contribution is 0.266. The molecule has 0 saturated carbocycles. The van der Waals surface area contributed by atoms with Crippen LogP contribution in [-0.4, -0.2) is 24.3 Å². The second-order valence-electron chi connectivity index (χ2n) is 6.67. The van der Waals surface area contributed by atoms with Crippen LogP contribution in [0.25, 0.3) is 0 Å². The number of aliphatic hydroxyl groups is 1. The van der Waals surface area contributed by atoms with Gasteiger partial charge < -0.3 is 10.0 Å². The first-order valence-corrected chi connectivity index (χ1v) is 10.6. The summed E-state index contributed by atoms with van der Waals surface area (Å²) in [4.78, 5) is 2.41. The maximum atomic E-state index is 9.82. The Morgan fingerprint density at radius 3 is 2.00 bits per heavy atom. The summed E-state index contributed by atoms with van der Waals surface area (Å²) in [7, 11) is -0.630. The Morgan fingerprint density at radius 2 is 1.38 bits per heavy atom. The van der Waals surface area contributed by atoms with Crippen LogP contribution in [0.4, 0.5) is 5.69 Å². The molecule has 0 unspecified atom stereocenters. The fourth-order valence-electron chi connectivity index (χ4n) is 3.82. The minimum absolute atomic E-state index is 0.225. The summed E-state index contributed by atoms with van der Waals surface area (Å²) in [5, 5.41) is 13.9. The van der Waals surface area contributed by atoms with Crippen LogP contribution in [0, 0.1) is 0 Å². The molecule has 0 aliphatic carbocycles. The molecule has 26 heavy (non-hydrogen) atoms. The first-order chi connectivity index (χ1) is 12.9. The van der Waals surface area contributed by atoms with E-state index >= 15 is 0 Å². The van der Waals surface area contributed by atoms with Crippen LogP contribution in [0.1, 0.15) is 12.8 Å². The highest BCUT2D eigenvalue weighted by atomic mass is 31.1. The van der Waals surface area contributed by atoms with Gasteiger partial charge >= 0.3 is 0 Å². The van der Waals surface area contributed by atoms with Crippen molar-refractivity contribution in [3.8, 4) is 0 Å². The average molecular weight is 361 g/mol. The van der Waals surface area contributed by atoms with Crippen molar-refractivity contribution >= 4 is 29.5 Å². The van der Waals surface area contributed by atoms with Crippen LogP contribution in [0.5, 0.6) is 0 Å². The van der Waals surface area contributed by atoms with Gasteiger partial charge in [-0.15, -0.1) is 0 Å². The van der Waals surface area contributed by atoms with Gasteiger partial charge in [0.05, 0.1) is 12.6 Å². The summed E-state index contributed by atoms with van der Waals surface area (Å²) in [6.45, 7) is 1.25. The number of nitrogens with zero attached hydrogens (tertiary/aromatic N) is 1. The van der Waals surface area contributed by atoms with Crippen LogP contribution in [-0.2, 0) is 0 Å². The van der Waals surface area contributed by atoms with Gasteiger partial charge in [-0.05, 0) is 37.4 Å². The van der Waals surface area contributed by atoms with Gasteiger partial charge in [-0.2, -0.15) is 0 Å². The van der Waals surface area contributed by atoms with Gasteiger partial charge in [0.15, 0.2) is 0 Å². The lowest BCUT2D eigenvalue weighted by atomic mass is 10.2. The zero-order valence-electron chi connectivity index (χ0n) is 14.8. The minimum Gasteiger partial charge on any atom is -0.394 e. The lowest BCUT2D eigenvalue weighted by Gasteiger charge is -2.31. The van der Waals surface area contributed by atoms with E-state index in [-0.39, 0.29) is 12.6 Å². The topological polar surface area (TPSA) is 23.5 Å². The molecule has 2 nitrogen and oxygen atoms in total. The van der Waals surface area contributed by atoms with E-state index in [9.17, 15) is 5.11 Å². The number of rotatable bonds is 5. The lowest BCUT2D eigenvalue weighted by Crippen LogP contribution is -2.36. The molecule has 0 spiro atoms. The summed E-state index contributed by atoms with van der Waals surface area (Å²) < 4.78 is 0. The zero-order chi connectivity index (χ0) is 17.8. The van der Waals surface area contributed by atoms with Gasteiger partial charge in [-0.1, -0.05) is 78.9 Å². The van der Waals surface area contributed by atoms with Gasteiger partial charge in [0.25, 0.3) is 0 Å². The van der Waals surface area contributed by atoms with Crippen molar-refractivity contribution in [2.45, 2.75) is 18.9 Å². The van der Waals surface area contributed by atoms with Gasteiger partial charge in [0.1, 0.15) is 0 Å². The van der Waals surface area contributed by atoms with Crippen LogP contribution in [0.3, 0.4) is 0 Å². The molecule has 1 N–H and O–H groups in total. The second kappa shape index (κ2) is 8.03. The van der Waals surface area contributed by atoms with Crippen LogP contribution >= 0.6 is 7.92 Å². The van der Waals surface area contributed by atoms with E-state index in [1.54, 1.807) is 0 Å². The van der Waals surface area contributed by atoms with E-state index in [0.29, 0.717) is 0 Å². The van der Waals surface area contributed by atoms with Crippen LogP contribution in [0.15, 0.2) is 84.9 Å². The first-order valence-electron chi connectivity index (χ1n) is 9.25. The number of anilines is 1. The third-order valence-electron chi connectivity index (χ3n) is 5.05. The molecule has 3 aromatic carbocycles. The predicted molar refractivity (Wildman–Crippen MR) is 113 cm³/mol. The molecule has 0 aromatic heterocycles. The smallest absolute Gasteiger partial charge is 0.0635 e. The highest BCUT2D eigenvalue weighted by Crippen LogP contribution is 2.38. The van der Waals surface area contributed by atoms with Crippen molar-refractivity contribution in [2.75, 3.05) is 18.1 Å². The van der Waals surface area contributed by atoms with Crippen LogP contribution in [0.2, 0.25) is 0 Å². The Bertz CT molecular complexity index is 798. The first kappa shape index (κ1) is 17.3. The monoisotopic (exact) mass is 361 g/mol. The fourth-order valence-corrected chi connectivity index (χ4v) is 6.28. The average Bonchev–Trinajstić information content (AvgIpc) is 3.19. The molecule has 132 valence electrons.